The predicted molar refractivity (Wildman–Crippen MR) is 240 cm³/mol. The fourth-order valence-corrected chi connectivity index (χ4v) is 9.96. The van der Waals surface area contributed by atoms with Crippen LogP contribution in [0.2, 0.25) is 0 Å². The molecule has 0 amide bonds. The number of unbranched alkanes of at least 4 members (excludes halogenated alkanes) is 22. The van der Waals surface area contributed by atoms with Gasteiger partial charge in [0, 0.05) is 60.5 Å². The lowest BCUT2D eigenvalue weighted by Crippen LogP contribution is -2.32. The molecule has 57 heavy (non-hydrogen) atoms. The Labute approximate surface area is 350 Å². The summed E-state index contributed by atoms with van der Waals surface area (Å²) in [6.07, 6.45) is 31.4. The summed E-state index contributed by atoms with van der Waals surface area (Å²) in [5.74, 6) is 1.34. The van der Waals surface area contributed by atoms with Crippen LogP contribution >= 0.6 is 15.5 Å². The van der Waals surface area contributed by atoms with E-state index in [0.717, 1.165) is 77.8 Å². The molecule has 0 aromatic rings. The smallest absolute Gasteiger partial charge is 0.344 e. The number of hydrogen-bond donors (Lipinski definition) is 0. The van der Waals surface area contributed by atoms with Crippen molar-refractivity contribution < 1.29 is 27.2 Å². The number of likely N-dealkylation sites (N-methyl/N-ethyl adjacent to an activating group) is 2. The molecule has 0 radical (unpaired) electrons. The topological polar surface area (TPSA) is 109 Å². The van der Waals surface area contributed by atoms with Gasteiger partial charge in [-0.3, -0.25) is 18.1 Å². The highest BCUT2D eigenvalue weighted by Crippen LogP contribution is 2.52. The van der Waals surface area contributed by atoms with Crippen LogP contribution in [-0.4, -0.2) is 112 Å². The van der Waals surface area contributed by atoms with Gasteiger partial charge in [-0.05, 0) is 25.7 Å². The number of guanidine groups is 2. The zero-order valence-electron chi connectivity index (χ0n) is 37.8. The van der Waals surface area contributed by atoms with Crippen molar-refractivity contribution in [2.24, 2.45) is 9.53 Å². The lowest BCUT2D eigenvalue weighted by atomic mass is 10.1. The number of hydrogen-bond acceptors (Lipinski definition) is 6. The second-order valence-corrected chi connectivity index (χ2v) is 19.8. The molecule has 12 nitrogen and oxygen atoms in total. The van der Waals surface area contributed by atoms with Crippen LogP contribution in [-0.2, 0) is 27.2 Å². The van der Waals surface area contributed by atoms with Crippen LogP contribution in [0.4, 0.5) is 0 Å². The Hall–Kier alpha value is -1.16. The van der Waals surface area contributed by atoms with E-state index in [-0.39, 0.29) is 13.2 Å². The van der Waals surface area contributed by atoms with Gasteiger partial charge in [-0.2, -0.15) is 0 Å². The van der Waals surface area contributed by atoms with Gasteiger partial charge in [0.15, 0.2) is 0 Å². The maximum Gasteiger partial charge on any atom is 0.457 e. The van der Waals surface area contributed by atoms with Gasteiger partial charge in [-0.25, -0.2) is 9.13 Å². The third-order valence-electron chi connectivity index (χ3n) is 11.2. The van der Waals surface area contributed by atoms with E-state index in [2.05, 4.69) is 35.3 Å². The van der Waals surface area contributed by atoms with Crippen LogP contribution in [0.1, 0.15) is 188 Å². The third kappa shape index (κ3) is 23.4. The van der Waals surface area contributed by atoms with Crippen molar-refractivity contribution >= 4 is 27.4 Å². The summed E-state index contributed by atoms with van der Waals surface area (Å²) >= 11 is 0. The van der Waals surface area contributed by atoms with Crippen molar-refractivity contribution in [2.75, 3.05) is 80.3 Å². The van der Waals surface area contributed by atoms with E-state index in [0.29, 0.717) is 24.9 Å². The van der Waals surface area contributed by atoms with Gasteiger partial charge in [-0.1, -0.05) is 162 Å². The van der Waals surface area contributed by atoms with Crippen molar-refractivity contribution in [1.82, 2.24) is 19.6 Å². The molecule has 2 saturated heterocycles. The van der Waals surface area contributed by atoms with E-state index in [9.17, 15) is 9.13 Å². The summed E-state index contributed by atoms with van der Waals surface area (Å²) in [6.45, 7) is 12.3. The molecule has 0 aromatic heterocycles. The molecular weight excluding hydrogens is 758 g/mol. The lowest BCUT2D eigenvalue weighted by Gasteiger charge is -2.23. The first kappa shape index (κ1) is 52.0. The molecule has 0 N–H and O–H groups in total. The fraction of sp³-hybridized carbons (Fsp3) is 0.953. The molecule has 14 heteroatoms. The lowest BCUT2D eigenvalue weighted by molar-refractivity contribution is 0.178. The maximum absolute atomic E-state index is 14.2. The molecule has 336 valence electrons. The molecule has 0 aliphatic carbocycles. The Balaban J connectivity index is 1.89. The van der Waals surface area contributed by atoms with E-state index >= 15 is 0 Å². The van der Waals surface area contributed by atoms with Crippen molar-refractivity contribution in [1.29, 1.82) is 0 Å². The fourth-order valence-electron chi connectivity index (χ4n) is 7.45. The standard InChI is InChI=1S/C43H88N6O6P2/c1-7-10-13-16-18-20-22-24-26-29-33-48-37-35-46(4)42(48)44-56(50,52-6)53-40-32-41-55-57(51,54-39-31-28-15-12-9-3)45-43-47(5)36-38-49(43)34-30-27-25-23-21-19-17-14-11-8-2/h7-41H2,1-6H3/b44-42-,45-43?. The Morgan fingerprint density at radius 1 is 0.439 bits per heavy atom. The molecule has 2 rings (SSSR count). The minimum Gasteiger partial charge on any atom is -0.344 e. The van der Waals surface area contributed by atoms with Gasteiger partial charge in [-0.15, -0.1) is 9.53 Å². The Kier molecular flexibility index (Phi) is 29.7. The second kappa shape index (κ2) is 32.6. The second-order valence-electron chi connectivity index (χ2n) is 16.4. The highest BCUT2D eigenvalue weighted by atomic mass is 31.2. The van der Waals surface area contributed by atoms with E-state index in [4.69, 9.17) is 22.9 Å². The van der Waals surface area contributed by atoms with Gasteiger partial charge in [0.05, 0.1) is 19.8 Å². The van der Waals surface area contributed by atoms with Crippen LogP contribution in [0.3, 0.4) is 0 Å². The van der Waals surface area contributed by atoms with Crippen molar-refractivity contribution in [2.45, 2.75) is 188 Å². The average Bonchev–Trinajstić information content (AvgIpc) is 3.73. The summed E-state index contributed by atoms with van der Waals surface area (Å²) in [7, 11) is -2.24. The molecule has 0 saturated carbocycles. The first-order valence-corrected chi connectivity index (χ1v) is 26.5. The van der Waals surface area contributed by atoms with Gasteiger partial charge in [0.1, 0.15) is 0 Å². The minimum absolute atomic E-state index is 0.0718. The number of rotatable bonds is 38. The van der Waals surface area contributed by atoms with E-state index in [1.807, 2.05) is 23.9 Å². The number of nitrogens with zero attached hydrogens (tertiary/aromatic N) is 6. The molecule has 2 fully saturated rings. The van der Waals surface area contributed by atoms with E-state index in [1.54, 1.807) is 0 Å². The monoisotopic (exact) mass is 847 g/mol. The quantitative estimate of drug-likeness (QED) is 0.0440. The summed E-state index contributed by atoms with van der Waals surface area (Å²) in [6, 6.07) is 0. The molecule has 2 heterocycles. The molecule has 2 aliphatic rings. The van der Waals surface area contributed by atoms with E-state index in [1.165, 1.54) is 129 Å². The Morgan fingerprint density at radius 2 is 0.754 bits per heavy atom. The van der Waals surface area contributed by atoms with Gasteiger partial charge < -0.3 is 19.6 Å². The van der Waals surface area contributed by atoms with Crippen LogP contribution < -0.4 is 0 Å². The van der Waals surface area contributed by atoms with Crippen molar-refractivity contribution in [3.8, 4) is 0 Å². The van der Waals surface area contributed by atoms with Crippen molar-refractivity contribution in [3.05, 3.63) is 0 Å². The highest BCUT2D eigenvalue weighted by Gasteiger charge is 2.33. The van der Waals surface area contributed by atoms with Crippen LogP contribution in [0.15, 0.2) is 9.53 Å². The molecular formula is C43H88N6O6P2. The molecule has 2 unspecified atom stereocenters. The van der Waals surface area contributed by atoms with Gasteiger partial charge in [0.2, 0.25) is 11.9 Å². The van der Waals surface area contributed by atoms with Crippen LogP contribution in [0.5, 0.6) is 0 Å². The SMILES string of the molecule is CCCCCCCCCCCCN1CCN(C)C1=NP(=O)(OCCCCCCC)OCCCOP(=O)(/N=C1/N(C)CCN1CCCCCCCCCCCC)OC. The van der Waals surface area contributed by atoms with Crippen LogP contribution in [0.25, 0.3) is 0 Å². The summed E-state index contributed by atoms with van der Waals surface area (Å²) in [5, 5.41) is 0. The zero-order chi connectivity index (χ0) is 41.5. The molecule has 0 aromatic carbocycles. The van der Waals surface area contributed by atoms with Gasteiger partial charge >= 0.3 is 15.5 Å². The van der Waals surface area contributed by atoms with Crippen molar-refractivity contribution in [3.63, 3.8) is 0 Å². The maximum atomic E-state index is 14.2. The summed E-state index contributed by atoms with van der Waals surface area (Å²) < 4.78 is 60.2. The van der Waals surface area contributed by atoms with Crippen LogP contribution in [0, 0.1) is 0 Å². The minimum atomic E-state index is -3.81. The first-order valence-electron chi connectivity index (χ1n) is 23.5. The molecule has 0 spiro atoms. The predicted octanol–water partition coefficient (Wildman–Crippen LogP) is 12.3. The normalized spacial score (nSPS) is 18.4. The highest BCUT2D eigenvalue weighted by molar-refractivity contribution is 7.52. The van der Waals surface area contributed by atoms with E-state index < -0.39 is 15.5 Å². The summed E-state index contributed by atoms with van der Waals surface area (Å²) in [4.78, 5) is 8.48. The first-order chi connectivity index (χ1) is 27.7. The van der Waals surface area contributed by atoms with Gasteiger partial charge in [0.25, 0.3) is 0 Å². The third-order valence-corrected chi connectivity index (χ3v) is 14.0. The Bertz CT molecular complexity index is 1160. The molecule has 0 bridgehead atoms. The molecule has 2 aliphatic heterocycles. The summed E-state index contributed by atoms with van der Waals surface area (Å²) in [5.41, 5.74) is 0. The molecule has 2 atom stereocenters. The Morgan fingerprint density at radius 3 is 1.14 bits per heavy atom. The largest absolute Gasteiger partial charge is 0.457 e. The zero-order valence-corrected chi connectivity index (χ0v) is 39.6. The average molecular weight is 847 g/mol.